The minimum absolute atomic E-state index is 0.0518. The van der Waals surface area contributed by atoms with Crippen molar-refractivity contribution in [1.82, 2.24) is 10.1 Å². The van der Waals surface area contributed by atoms with Gasteiger partial charge in [0.05, 0.1) is 16.8 Å². The molecule has 1 aromatic carbocycles. The summed E-state index contributed by atoms with van der Waals surface area (Å²) >= 11 is 0. The third kappa shape index (κ3) is 3.45. The molecule has 0 saturated carbocycles. The molecule has 0 bridgehead atoms. The summed E-state index contributed by atoms with van der Waals surface area (Å²) in [5.41, 5.74) is 2.38. The Kier molecular flexibility index (Phi) is 4.88. The summed E-state index contributed by atoms with van der Waals surface area (Å²) < 4.78 is 11.1. The molecule has 5 heteroatoms. The van der Waals surface area contributed by atoms with Crippen LogP contribution in [-0.4, -0.2) is 29.1 Å². The van der Waals surface area contributed by atoms with Crippen molar-refractivity contribution in [1.29, 1.82) is 0 Å². The van der Waals surface area contributed by atoms with Crippen LogP contribution >= 0.6 is 0 Å². The normalized spacial score (nSPS) is 17.8. The fourth-order valence-electron chi connectivity index (χ4n) is 3.17. The van der Waals surface area contributed by atoms with Gasteiger partial charge in [0, 0.05) is 13.1 Å². The summed E-state index contributed by atoms with van der Waals surface area (Å²) in [6.07, 6.45) is 2.25. The number of hydrogen-bond acceptors (Lipinski definition) is 4. The number of amides is 1. The summed E-state index contributed by atoms with van der Waals surface area (Å²) in [5.74, 6) is 1.97. The zero-order valence-electron chi connectivity index (χ0n) is 14.5. The number of aryl methyl sites for hydroxylation is 2. The maximum atomic E-state index is 12.9. The number of hydrogen-bond donors (Lipinski definition) is 0. The van der Waals surface area contributed by atoms with Crippen LogP contribution in [0.1, 0.15) is 47.1 Å². The third-order valence-electron chi connectivity index (χ3n) is 4.61. The highest BCUT2D eigenvalue weighted by Gasteiger charge is 2.24. The topological polar surface area (TPSA) is 55.6 Å². The van der Waals surface area contributed by atoms with E-state index in [1.165, 1.54) is 6.42 Å². The maximum absolute atomic E-state index is 12.9. The predicted molar refractivity (Wildman–Crippen MR) is 91.1 cm³/mol. The van der Waals surface area contributed by atoms with E-state index in [-0.39, 0.29) is 5.91 Å². The van der Waals surface area contributed by atoms with Crippen LogP contribution in [0.2, 0.25) is 0 Å². The number of carbonyl (C=O) groups is 1. The first kappa shape index (κ1) is 16.6. The van der Waals surface area contributed by atoms with E-state index < -0.39 is 0 Å². The third-order valence-corrected chi connectivity index (χ3v) is 4.61. The fraction of sp³-hybridized carbons (Fsp3) is 0.474. The monoisotopic (exact) mass is 328 g/mol. The van der Waals surface area contributed by atoms with Crippen LogP contribution in [0.25, 0.3) is 0 Å². The number of benzene rings is 1. The second-order valence-electron chi connectivity index (χ2n) is 6.59. The van der Waals surface area contributed by atoms with Crippen LogP contribution < -0.4 is 4.74 Å². The van der Waals surface area contributed by atoms with Crippen molar-refractivity contribution in [2.75, 3.05) is 13.1 Å². The summed E-state index contributed by atoms with van der Waals surface area (Å²) in [6.45, 7) is 7.94. The second kappa shape index (κ2) is 7.07. The van der Waals surface area contributed by atoms with Crippen molar-refractivity contribution in [3.63, 3.8) is 0 Å². The molecule has 1 aliphatic heterocycles. The Morgan fingerprint density at radius 2 is 2.17 bits per heavy atom. The van der Waals surface area contributed by atoms with Crippen molar-refractivity contribution >= 4 is 5.91 Å². The number of aromatic nitrogens is 1. The summed E-state index contributed by atoms with van der Waals surface area (Å²) in [6, 6.07) is 7.45. The van der Waals surface area contributed by atoms with E-state index in [1.807, 2.05) is 43.0 Å². The van der Waals surface area contributed by atoms with Crippen molar-refractivity contribution < 1.29 is 14.1 Å². The number of para-hydroxylation sites is 1. The lowest BCUT2D eigenvalue weighted by Crippen LogP contribution is -2.39. The summed E-state index contributed by atoms with van der Waals surface area (Å²) in [7, 11) is 0. The maximum Gasteiger partial charge on any atom is 0.257 e. The molecule has 1 fully saturated rings. The zero-order chi connectivity index (χ0) is 17.1. The molecule has 5 nitrogen and oxygen atoms in total. The van der Waals surface area contributed by atoms with Crippen LogP contribution in [0.15, 0.2) is 28.8 Å². The Balaban J connectivity index is 1.76. The van der Waals surface area contributed by atoms with Gasteiger partial charge in [-0.15, -0.1) is 0 Å². The SMILES string of the molecule is Cc1noc(C)c1COc1ccccc1C(=O)N1CCC[C@H](C)C1. The smallest absolute Gasteiger partial charge is 0.257 e. The van der Waals surface area contributed by atoms with Crippen LogP contribution in [-0.2, 0) is 6.61 Å². The van der Waals surface area contributed by atoms with Gasteiger partial charge in [-0.1, -0.05) is 24.2 Å². The molecule has 3 rings (SSSR count). The summed E-state index contributed by atoms with van der Waals surface area (Å²) in [4.78, 5) is 14.8. The lowest BCUT2D eigenvalue weighted by Gasteiger charge is -2.31. The minimum Gasteiger partial charge on any atom is -0.488 e. The van der Waals surface area contributed by atoms with Gasteiger partial charge in [0.15, 0.2) is 0 Å². The zero-order valence-corrected chi connectivity index (χ0v) is 14.5. The molecule has 2 heterocycles. The molecular formula is C19H24N2O3. The highest BCUT2D eigenvalue weighted by Crippen LogP contribution is 2.25. The van der Waals surface area contributed by atoms with Gasteiger partial charge >= 0.3 is 0 Å². The number of nitrogens with zero attached hydrogens (tertiary/aromatic N) is 2. The molecule has 24 heavy (non-hydrogen) atoms. The van der Waals surface area contributed by atoms with Gasteiger partial charge in [-0.3, -0.25) is 4.79 Å². The molecule has 0 N–H and O–H groups in total. The van der Waals surface area contributed by atoms with E-state index in [0.717, 1.165) is 36.5 Å². The molecule has 2 aromatic rings. The fourth-order valence-corrected chi connectivity index (χ4v) is 3.17. The number of carbonyl (C=O) groups excluding carboxylic acids is 1. The average molecular weight is 328 g/mol. The van der Waals surface area contributed by atoms with Gasteiger partial charge in [-0.2, -0.15) is 0 Å². The molecule has 1 aliphatic rings. The number of ether oxygens (including phenoxy) is 1. The Labute approximate surface area is 142 Å². The van der Waals surface area contributed by atoms with E-state index in [1.54, 1.807) is 0 Å². The molecular weight excluding hydrogens is 304 g/mol. The first-order valence-electron chi connectivity index (χ1n) is 8.49. The van der Waals surface area contributed by atoms with E-state index in [4.69, 9.17) is 9.26 Å². The molecule has 128 valence electrons. The van der Waals surface area contributed by atoms with Crippen molar-refractivity contribution in [3.05, 3.63) is 46.8 Å². The molecule has 0 spiro atoms. The lowest BCUT2D eigenvalue weighted by molar-refractivity contribution is 0.0678. The highest BCUT2D eigenvalue weighted by atomic mass is 16.5. The van der Waals surface area contributed by atoms with Crippen LogP contribution in [0.4, 0.5) is 0 Å². The number of rotatable bonds is 4. The molecule has 1 atom stereocenters. The predicted octanol–water partition coefficient (Wildman–Crippen LogP) is 3.74. The molecule has 1 amide bonds. The second-order valence-corrected chi connectivity index (χ2v) is 6.59. The quantitative estimate of drug-likeness (QED) is 0.858. The van der Waals surface area contributed by atoms with Crippen molar-refractivity contribution in [3.8, 4) is 5.75 Å². The highest BCUT2D eigenvalue weighted by molar-refractivity contribution is 5.97. The van der Waals surface area contributed by atoms with Gasteiger partial charge in [0.2, 0.25) is 0 Å². The molecule has 1 saturated heterocycles. The van der Waals surface area contributed by atoms with Crippen LogP contribution in [0.5, 0.6) is 5.75 Å². The Hall–Kier alpha value is -2.30. The number of likely N-dealkylation sites (tertiary alicyclic amines) is 1. The first-order chi connectivity index (χ1) is 11.6. The van der Waals surface area contributed by atoms with Gasteiger partial charge in [-0.25, -0.2) is 0 Å². The van der Waals surface area contributed by atoms with Gasteiger partial charge in [-0.05, 0) is 44.7 Å². The Morgan fingerprint density at radius 3 is 2.88 bits per heavy atom. The van der Waals surface area contributed by atoms with Gasteiger partial charge in [0.1, 0.15) is 18.1 Å². The van der Waals surface area contributed by atoms with Gasteiger partial charge < -0.3 is 14.2 Å². The number of piperidine rings is 1. The minimum atomic E-state index is 0.0518. The average Bonchev–Trinajstić information content (AvgIpc) is 2.91. The van der Waals surface area contributed by atoms with Gasteiger partial charge in [0.25, 0.3) is 5.91 Å². The van der Waals surface area contributed by atoms with E-state index in [2.05, 4.69) is 12.1 Å². The Morgan fingerprint density at radius 1 is 1.38 bits per heavy atom. The van der Waals surface area contributed by atoms with Crippen molar-refractivity contribution in [2.24, 2.45) is 5.92 Å². The largest absolute Gasteiger partial charge is 0.488 e. The van der Waals surface area contributed by atoms with E-state index >= 15 is 0 Å². The standard InChI is InChI=1S/C19H24N2O3/c1-13-7-6-10-21(11-13)19(22)16-8-4-5-9-18(16)23-12-17-14(2)20-24-15(17)3/h4-5,8-9,13H,6-7,10-12H2,1-3H3/t13-/m0/s1. The molecule has 0 unspecified atom stereocenters. The molecule has 0 radical (unpaired) electrons. The first-order valence-corrected chi connectivity index (χ1v) is 8.49. The molecule has 1 aromatic heterocycles. The Bertz CT molecular complexity index is 704. The van der Waals surface area contributed by atoms with Crippen molar-refractivity contribution in [2.45, 2.75) is 40.2 Å². The lowest BCUT2D eigenvalue weighted by atomic mass is 9.99. The molecule has 0 aliphatic carbocycles. The van der Waals surface area contributed by atoms with E-state index in [9.17, 15) is 4.79 Å². The van der Waals surface area contributed by atoms with Crippen LogP contribution in [0, 0.1) is 19.8 Å². The van der Waals surface area contributed by atoms with E-state index in [0.29, 0.717) is 23.8 Å². The van der Waals surface area contributed by atoms with Crippen LogP contribution in [0.3, 0.4) is 0 Å². The summed E-state index contributed by atoms with van der Waals surface area (Å²) in [5, 5.41) is 3.94.